The standard InChI is InChI=1S/C24H28N2O4S/c27-24(16-18-5-8-23-21(15-18)9-14-30-23)25-10-12-26(13-11-25)31(28,29)22-7-6-19-3-1-2-4-20(19)17-22/h5-8,15,17H,1-4,9-14,16H2. The first-order valence-electron chi connectivity index (χ1n) is 11.1. The number of fused-ring (bicyclic) bond motifs is 2. The van der Waals surface area contributed by atoms with Crippen molar-refractivity contribution in [2.45, 2.75) is 43.4 Å². The number of hydrogen-bond donors (Lipinski definition) is 0. The zero-order valence-electron chi connectivity index (χ0n) is 17.7. The average Bonchev–Trinajstić information content (AvgIpc) is 3.27. The van der Waals surface area contributed by atoms with Gasteiger partial charge in [-0.2, -0.15) is 4.31 Å². The SMILES string of the molecule is O=C(Cc1ccc2c(c1)CCO2)N1CCN(S(=O)(=O)c2ccc3c(c2)CCCC3)CC1. The maximum atomic E-state index is 13.2. The van der Waals surface area contributed by atoms with Crippen LogP contribution in [-0.2, 0) is 40.5 Å². The molecular weight excluding hydrogens is 412 g/mol. The molecule has 31 heavy (non-hydrogen) atoms. The Morgan fingerprint density at radius 2 is 1.65 bits per heavy atom. The molecular formula is C24H28N2O4S. The van der Waals surface area contributed by atoms with Crippen molar-refractivity contribution in [3.05, 3.63) is 58.7 Å². The van der Waals surface area contributed by atoms with Crippen LogP contribution in [0.3, 0.4) is 0 Å². The highest BCUT2D eigenvalue weighted by Gasteiger charge is 2.30. The Balaban J connectivity index is 1.22. The fourth-order valence-corrected chi connectivity index (χ4v) is 6.31. The summed E-state index contributed by atoms with van der Waals surface area (Å²) in [6.07, 6.45) is 5.51. The van der Waals surface area contributed by atoms with Gasteiger partial charge >= 0.3 is 0 Å². The van der Waals surface area contributed by atoms with Gasteiger partial charge in [0.25, 0.3) is 0 Å². The molecule has 0 unspecified atom stereocenters. The molecule has 7 heteroatoms. The van der Waals surface area contributed by atoms with Crippen molar-refractivity contribution in [3.63, 3.8) is 0 Å². The van der Waals surface area contributed by atoms with Crippen molar-refractivity contribution < 1.29 is 17.9 Å². The van der Waals surface area contributed by atoms with Crippen LogP contribution in [0.2, 0.25) is 0 Å². The van der Waals surface area contributed by atoms with E-state index in [0.717, 1.165) is 42.6 Å². The molecule has 0 radical (unpaired) electrons. The Bertz CT molecular complexity index is 1100. The fourth-order valence-electron chi connectivity index (χ4n) is 4.83. The molecule has 1 saturated heterocycles. The second-order valence-electron chi connectivity index (χ2n) is 8.64. The molecule has 0 saturated carbocycles. The first-order valence-corrected chi connectivity index (χ1v) is 12.6. The summed E-state index contributed by atoms with van der Waals surface area (Å²) in [4.78, 5) is 14.9. The van der Waals surface area contributed by atoms with E-state index in [1.807, 2.05) is 24.3 Å². The normalized spacial score (nSPS) is 18.9. The number of rotatable bonds is 4. The van der Waals surface area contributed by atoms with Gasteiger partial charge in [-0.3, -0.25) is 4.79 Å². The third kappa shape index (κ3) is 4.08. The molecule has 1 aliphatic carbocycles. The Hall–Kier alpha value is -2.38. The second kappa shape index (κ2) is 8.28. The van der Waals surface area contributed by atoms with Crippen molar-refractivity contribution in [1.82, 2.24) is 9.21 Å². The zero-order chi connectivity index (χ0) is 21.4. The molecule has 1 amide bonds. The minimum atomic E-state index is -3.53. The summed E-state index contributed by atoms with van der Waals surface area (Å²) in [5, 5.41) is 0. The number of hydrogen-bond acceptors (Lipinski definition) is 4. The van der Waals surface area contributed by atoms with E-state index in [1.54, 1.807) is 11.0 Å². The highest BCUT2D eigenvalue weighted by atomic mass is 32.2. The molecule has 3 aliphatic rings. The number of piperazine rings is 1. The number of nitrogens with zero attached hydrogens (tertiary/aromatic N) is 2. The molecule has 2 heterocycles. The number of aryl methyl sites for hydroxylation is 2. The van der Waals surface area contributed by atoms with Crippen LogP contribution in [0.4, 0.5) is 0 Å². The van der Waals surface area contributed by atoms with Gasteiger partial charge in [-0.25, -0.2) is 8.42 Å². The van der Waals surface area contributed by atoms with Crippen LogP contribution in [0.1, 0.15) is 35.1 Å². The summed E-state index contributed by atoms with van der Waals surface area (Å²) in [5.41, 5.74) is 4.59. The van der Waals surface area contributed by atoms with Crippen molar-refractivity contribution in [1.29, 1.82) is 0 Å². The number of amides is 1. The van der Waals surface area contributed by atoms with E-state index in [-0.39, 0.29) is 5.91 Å². The summed E-state index contributed by atoms with van der Waals surface area (Å²) in [5.74, 6) is 0.960. The Morgan fingerprint density at radius 1 is 0.871 bits per heavy atom. The third-order valence-electron chi connectivity index (χ3n) is 6.66. The van der Waals surface area contributed by atoms with E-state index >= 15 is 0 Å². The molecule has 2 aromatic rings. The highest BCUT2D eigenvalue weighted by Crippen LogP contribution is 2.27. The maximum absolute atomic E-state index is 13.2. The topological polar surface area (TPSA) is 66.9 Å². The number of carbonyl (C=O) groups is 1. The van der Waals surface area contributed by atoms with E-state index in [9.17, 15) is 13.2 Å². The van der Waals surface area contributed by atoms with Gasteiger partial charge in [0.2, 0.25) is 15.9 Å². The largest absolute Gasteiger partial charge is 0.493 e. The van der Waals surface area contributed by atoms with Gasteiger partial charge < -0.3 is 9.64 Å². The van der Waals surface area contributed by atoms with Gasteiger partial charge in [0, 0.05) is 32.6 Å². The van der Waals surface area contributed by atoms with E-state index < -0.39 is 10.0 Å². The number of benzene rings is 2. The average molecular weight is 441 g/mol. The molecule has 0 atom stereocenters. The number of carbonyl (C=O) groups excluding carboxylic acids is 1. The van der Waals surface area contributed by atoms with Crippen LogP contribution in [0, 0.1) is 0 Å². The predicted octanol–water partition coefficient (Wildman–Crippen LogP) is 2.58. The molecule has 2 aromatic carbocycles. The molecule has 6 nitrogen and oxygen atoms in total. The summed E-state index contributed by atoms with van der Waals surface area (Å²) in [7, 11) is -3.53. The van der Waals surface area contributed by atoms with Crippen LogP contribution in [-0.4, -0.2) is 56.3 Å². The smallest absolute Gasteiger partial charge is 0.243 e. The van der Waals surface area contributed by atoms with Crippen LogP contribution in [0.15, 0.2) is 41.3 Å². The zero-order valence-corrected chi connectivity index (χ0v) is 18.5. The van der Waals surface area contributed by atoms with Gasteiger partial charge in [-0.15, -0.1) is 0 Å². The van der Waals surface area contributed by atoms with Gasteiger partial charge in [0.1, 0.15) is 5.75 Å². The summed E-state index contributed by atoms with van der Waals surface area (Å²) in [6.45, 7) is 2.23. The number of sulfonamides is 1. The molecule has 164 valence electrons. The Morgan fingerprint density at radius 3 is 2.45 bits per heavy atom. The van der Waals surface area contributed by atoms with Crippen LogP contribution < -0.4 is 4.74 Å². The number of ether oxygens (including phenoxy) is 1. The lowest BCUT2D eigenvalue weighted by Gasteiger charge is -2.34. The molecule has 0 N–H and O–H groups in total. The van der Waals surface area contributed by atoms with Crippen LogP contribution >= 0.6 is 0 Å². The minimum absolute atomic E-state index is 0.0460. The summed E-state index contributed by atoms with van der Waals surface area (Å²) in [6, 6.07) is 11.5. The first kappa shape index (κ1) is 20.5. The lowest BCUT2D eigenvalue weighted by Crippen LogP contribution is -2.50. The van der Waals surface area contributed by atoms with E-state index in [0.29, 0.717) is 44.1 Å². The monoisotopic (exact) mass is 440 g/mol. The molecule has 0 aromatic heterocycles. The van der Waals surface area contributed by atoms with Crippen molar-refractivity contribution >= 4 is 15.9 Å². The van der Waals surface area contributed by atoms with Gasteiger partial charge in [0.05, 0.1) is 17.9 Å². The molecule has 2 aliphatic heterocycles. The maximum Gasteiger partial charge on any atom is 0.243 e. The third-order valence-corrected chi connectivity index (χ3v) is 8.55. The van der Waals surface area contributed by atoms with Gasteiger partial charge in [-0.1, -0.05) is 18.2 Å². The van der Waals surface area contributed by atoms with Crippen molar-refractivity contribution in [3.8, 4) is 5.75 Å². The van der Waals surface area contributed by atoms with Crippen molar-refractivity contribution in [2.24, 2.45) is 0 Å². The minimum Gasteiger partial charge on any atom is -0.493 e. The summed E-state index contributed by atoms with van der Waals surface area (Å²) < 4.78 is 33.4. The molecule has 0 bridgehead atoms. The fraction of sp³-hybridized carbons (Fsp3) is 0.458. The quantitative estimate of drug-likeness (QED) is 0.733. The Labute approximate surface area is 183 Å². The van der Waals surface area contributed by atoms with E-state index in [4.69, 9.17) is 4.74 Å². The van der Waals surface area contributed by atoms with Crippen LogP contribution in [0.25, 0.3) is 0 Å². The molecule has 5 rings (SSSR count). The van der Waals surface area contributed by atoms with Gasteiger partial charge in [0.15, 0.2) is 0 Å². The van der Waals surface area contributed by atoms with Crippen molar-refractivity contribution in [2.75, 3.05) is 32.8 Å². The lowest BCUT2D eigenvalue weighted by molar-refractivity contribution is -0.131. The highest BCUT2D eigenvalue weighted by molar-refractivity contribution is 7.89. The molecule has 0 spiro atoms. The van der Waals surface area contributed by atoms with E-state index in [2.05, 4.69) is 6.07 Å². The lowest BCUT2D eigenvalue weighted by atomic mass is 9.92. The predicted molar refractivity (Wildman–Crippen MR) is 118 cm³/mol. The van der Waals surface area contributed by atoms with Crippen LogP contribution in [0.5, 0.6) is 5.75 Å². The Kier molecular flexibility index (Phi) is 5.48. The molecule has 1 fully saturated rings. The first-order chi connectivity index (χ1) is 15.0. The van der Waals surface area contributed by atoms with Gasteiger partial charge in [-0.05, 0) is 66.1 Å². The second-order valence-corrected chi connectivity index (χ2v) is 10.6. The summed E-state index contributed by atoms with van der Waals surface area (Å²) >= 11 is 0. The van der Waals surface area contributed by atoms with E-state index in [1.165, 1.54) is 21.9 Å².